The van der Waals surface area contributed by atoms with Gasteiger partial charge in [0.05, 0.1) is 12.8 Å². The predicted molar refractivity (Wildman–Crippen MR) is 95.7 cm³/mol. The molecule has 3 aromatic rings. The number of amides is 1. The van der Waals surface area contributed by atoms with E-state index in [9.17, 15) is 4.79 Å². The third-order valence-electron chi connectivity index (χ3n) is 3.24. The standard InChI is InChI=1S/C17H14N2O2S2/c1-21-13-6-2-11(3-7-13)15-10-23-17(18-15)19-16(20)12-4-8-14(22)9-5-12/h2-10,22H,1H3,(H,18,19,20). The van der Waals surface area contributed by atoms with Crippen molar-refractivity contribution in [3.63, 3.8) is 0 Å². The number of aromatic nitrogens is 1. The maximum atomic E-state index is 12.2. The predicted octanol–water partition coefficient (Wildman–Crippen LogP) is 4.36. The Bertz CT molecular complexity index is 811. The van der Waals surface area contributed by atoms with E-state index < -0.39 is 0 Å². The lowest BCUT2D eigenvalue weighted by molar-refractivity contribution is 0.102. The molecule has 3 rings (SSSR count). The first-order valence-corrected chi connectivity index (χ1v) is 8.19. The minimum Gasteiger partial charge on any atom is -0.497 e. The molecule has 0 saturated heterocycles. The molecule has 1 amide bonds. The van der Waals surface area contributed by atoms with Crippen molar-refractivity contribution in [2.75, 3.05) is 12.4 Å². The van der Waals surface area contributed by atoms with Gasteiger partial charge in [0.15, 0.2) is 5.13 Å². The summed E-state index contributed by atoms with van der Waals surface area (Å²) in [5.41, 5.74) is 2.37. The van der Waals surface area contributed by atoms with Crippen LogP contribution in [0.2, 0.25) is 0 Å². The van der Waals surface area contributed by atoms with Crippen LogP contribution in [0.3, 0.4) is 0 Å². The molecule has 0 spiro atoms. The van der Waals surface area contributed by atoms with Gasteiger partial charge in [0.2, 0.25) is 0 Å². The lowest BCUT2D eigenvalue weighted by Gasteiger charge is -2.02. The molecule has 23 heavy (non-hydrogen) atoms. The molecule has 0 aliphatic rings. The Morgan fingerprint density at radius 1 is 1.13 bits per heavy atom. The minimum atomic E-state index is -0.186. The van der Waals surface area contributed by atoms with Gasteiger partial charge in [0.25, 0.3) is 5.91 Å². The van der Waals surface area contributed by atoms with Crippen LogP contribution in [0.4, 0.5) is 5.13 Å². The number of nitrogens with one attached hydrogen (secondary N) is 1. The topological polar surface area (TPSA) is 51.2 Å². The second kappa shape index (κ2) is 6.85. The quantitative estimate of drug-likeness (QED) is 0.693. The molecule has 116 valence electrons. The molecule has 1 N–H and O–H groups in total. The molecule has 0 radical (unpaired) electrons. The fourth-order valence-corrected chi connectivity index (χ4v) is 2.87. The summed E-state index contributed by atoms with van der Waals surface area (Å²) in [6, 6.07) is 14.7. The molecule has 0 atom stereocenters. The number of carbonyl (C=O) groups is 1. The molecule has 0 saturated carbocycles. The SMILES string of the molecule is COc1ccc(-c2csc(NC(=O)c3ccc(S)cc3)n2)cc1. The van der Waals surface area contributed by atoms with E-state index in [0.717, 1.165) is 21.9 Å². The summed E-state index contributed by atoms with van der Waals surface area (Å²) in [5, 5.41) is 5.29. The van der Waals surface area contributed by atoms with Crippen LogP contribution in [-0.4, -0.2) is 18.0 Å². The first-order valence-electron chi connectivity index (χ1n) is 6.86. The highest BCUT2D eigenvalue weighted by atomic mass is 32.1. The fourth-order valence-electron chi connectivity index (χ4n) is 2.01. The number of carbonyl (C=O) groups excluding carboxylic acids is 1. The maximum absolute atomic E-state index is 12.2. The number of benzene rings is 2. The second-order valence-electron chi connectivity index (χ2n) is 4.77. The molecule has 6 heteroatoms. The van der Waals surface area contributed by atoms with Gasteiger partial charge in [-0.2, -0.15) is 0 Å². The van der Waals surface area contributed by atoms with E-state index in [1.165, 1.54) is 11.3 Å². The molecule has 2 aromatic carbocycles. The molecule has 1 heterocycles. The lowest BCUT2D eigenvalue weighted by atomic mass is 10.2. The number of anilines is 1. The second-order valence-corrected chi connectivity index (χ2v) is 6.14. The first kappa shape index (κ1) is 15.6. The highest BCUT2D eigenvalue weighted by molar-refractivity contribution is 7.80. The first-order chi connectivity index (χ1) is 11.2. The number of hydrogen-bond donors (Lipinski definition) is 2. The van der Waals surface area contributed by atoms with Gasteiger partial charge in [-0.15, -0.1) is 24.0 Å². The highest BCUT2D eigenvalue weighted by Gasteiger charge is 2.10. The van der Waals surface area contributed by atoms with Gasteiger partial charge in [0, 0.05) is 21.4 Å². The smallest absolute Gasteiger partial charge is 0.257 e. The maximum Gasteiger partial charge on any atom is 0.257 e. The van der Waals surface area contributed by atoms with Gasteiger partial charge in [-0.05, 0) is 48.5 Å². The zero-order chi connectivity index (χ0) is 16.2. The van der Waals surface area contributed by atoms with Crippen LogP contribution >= 0.6 is 24.0 Å². The van der Waals surface area contributed by atoms with E-state index in [2.05, 4.69) is 22.9 Å². The van der Waals surface area contributed by atoms with E-state index >= 15 is 0 Å². The Balaban J connectivity index is 1.73. The summed E-state index contributed by atoms with van der Waals surface area (Å²) in [6.07, 6.45) is 0. The van der Waals surface area contributed by atoms with Crippen molar-refractivity contribution in [3.05, 3.63) is 59.5 Å². The van der Waals surface area contributed by atoms with Crippen molar-refractivity contribution in [1.82, 2.24) is 4.98 Å². The summed E-state index contributed by atoms with van der Waals surface area (Å²) in [7, 11) is 1.63. The molecular formula is C17H14N2O2S2. The Kier molecular flexibility index (Phi) is 4.64. The van der Waals surface area contributed by atoms with Crippen LogP contribution in [-0.2, 0) is 0 Å². The van der Waals surface area contributed by atoms with Gasteiger partial charge in [-0.3, -0.25) is 10.1 Å². The lowest BCUT2D eigenvalue weighted by Crippen LogP contribution is -2.11. The summed E-state index contributed by atoms with van der Waals surface area (Å²) in [5.74, 6) is 0.610. The number of methoxy groups -OCH3 is 1. The highest BCUT2D eigenvalue weighted by Crippen LogP contribution is 2.26. The van der Waals surface area contributed by atoms with Crippen molar-refractivity contribution in [1.29, 1.82) is 0 Å². The van der Waals surface area contributed by atoms with Gasteiger partial charge in [0.1, 0.15) is 5.75 Å². The normalized spacial score (nSPS) is 10.3. The largest absolute Gasteiger partial charge is 0.497 e. The van der Waals surface area contributed by atoms with E-state index in [1.807, 2.05) is 29.6 Å². The minimum absolute atomic E-state index is 0.186. The molecular weight excluding hydrogens is 328 g/mol. The molecule has 4 nitrogen and oxygen atoms in total. The Morgan fingerprint density at radius 2 is 1.83 bits per heavy atom. The van der Waals surface area contributed by atoms with Crippen molar-refractivity contribution in [2.24, 2.45) is 0 Å². The third kappa shape index (κ3) is 3.72. The number of nitrogens with zero attached hydrogens (tertiary/aromatic N) is 1. The molecule has 0 unspecified atom stereocenters. The summed E-state index contributed by atoms with van der Waals surface area (Å²) in [6.45, 7) is 0. The Labute approximate surface area is 143 Å². The van der Waals surface area contributed by atoms with Crippen molar-refractivity contribution in [2.45, 2.75) is 4.90 Å². The van der Waals surface area contributed by atoms with Crippen LogP contribution in [0.25, 0.3) is 11.3 Å². The van der Waals surface area contributed by atoms with E-state index in [4.69, 9.17) is 4.74 Å². The van der Waals surface area contributed by atoms with Crippen LogP contribution < -0.4 is 10.1 Å². The average molecular weight is 342 g/mol. The molecule has 0 aliphatic carbocycles. The monoisotopic (exact) mass is 342 g/mol. The van der Waals surface area contributed by atoms with Gasteiger partial charge < -0.3 is 4.74 Å². The van der Waals surface area contributed by atoms with Gasteiger partial charge >= 0.3 is 0 Å². The van der Waals surface area contributed by atoms with Crippen LogP contribution in [0.15, 0.2) is 58.8 Å². The van der Waals surface area contributed by atoms with E-state index in [-0.39, 0.29) is 5.91 Å². The Morgan fingerprint density at radius 3 is 2.48 bits per heavy atom. The number of thiol groups is 1. The van der Waals surface area contributed by atoms with Crippen LogP contribution in [0, 0.1) is 0 Å². The molecule has 0 aliphatic heterocycles. The Hall–Kier alpha value is -2.31. The van der Waals surface area contributed by atoms with E-state index in [1.54, 1.807) is 31.4 Å². The number of hydrogen-bond acceptors (Lipinski definition) is 5. The summed E-state index contributed by atoms with van der Waals surface area (Å²) >= 11 is 5.60. The van der Waals surface area contributed by atoms with E-state index in [0.29, 0.717) is 10.7 Å². The van der Waals surface area contributed by atoms with Crippen LogP contribution in [0.1, 0.15) is 10.4 Å². The zero-order valence-corrected chi connectivity index (χ0v) is 14.0. The number of ether oxygens (including phenoxy) is 1. The molecule has 0 bridgehead atoms. The number of rotatable bonds is 4. The summed E-state index contributed by atoms with van der Waals surface area (Å²) in [4.78, 5) is 17.4. The summed E-state index contributed by atoms with van der Waals surface area (Å²) < 4.78 is 5.14. The van der Waals surface area contributed by atoms with Crippen LogP contribution in [0.5, 0.6) is 5.75 Å². The van der Waals surface area contributed by atoms with Crippen molar-refractivity contribution >= 4 is 35.0 Å². The van der Waals surface area contributed by atoms with Gasteiger partial charge in [-0.25, -0.2) is 4.98 Å². The molecule has 0 fully saturated rings. The van der Waals surface area contributed by atoms with Gasteiger partial charge in [-0.1, -0.05) is 0 Å². The number of thiazole rings is 1. The molecule has 1 aromatic heterocycles. The fraction of sp³-hybridized carbons (Fsp3) is 0.0588. The van der Waals surface area contributed by atoms with Crippen molar-refractivity contribution in [3.8, 4) is 17.0 Å². The third-order valence-corrected chi connectivity index (χ3v) is 4.30. The average Bonchev–Trinajstić information content (AvgIpc) is 3.04. The van der Waals surface area contributed by atoms with Crippen molar-refractivity contribution < 1.29 is 9.53 Å². The zero-order valence-electron chi connectivity index (χ0n) is 12.3.